The van der Waals surface area contributed by atoms with Crippen molar-refractivity contribution in [1.82, 2.24) is 4.31 Å². The zero-order chi connectivity index (χ0) is 18.7. The van der Waals surface area contributed by atoms with E-state index in [9.17, 15) is 18.0 Å². The van der Waals surface area contributed by atoms with Gasteiger partial charge in [-0.3, -0.25) is 9.59 Å². The summed E-state index contributed by atoms with van der Waals surface area (Å²) in [7, 11) is -3.81. The van der Waals surface area contributed by atoms with Crippen LogP contribution in [0, 0.1) is 0 Å². The van der Waals surface area contributed by atoms with E-state index in [4.69, 9.17) is 0 Å². The van der Waals surface area contributed by atoms with Crippen LogP contribution in [0.5, 0.6) is 0 Å². The number of nitrogens with zero attached hydrogens (tertiary/aromatic N) is 1. The van der Waals surface area contributed by atoms with Gasteiger partial charge in [0.15, 0.2) is 0 Å². The van der Waals surface area contributed by atoms with Gasteiger partial charge < -0.3 is 5.32 Å². The van der Waals surface area contributed by atoms with E-state index in [1.165, 1.54) is 17.7 Å². The molecule has 2 aromatic carbocycles. The molecular formula is C19H20N2O4S. The lowest BCUT2D eigenvalue weighted by atomic mass is 10.1. The second-order valence-electron chi connectivity index (χ2n) is 6.08. The molecule has 1 N–H and O–H groups in total. The van der Waals surface area contributed by atoms with Gasteiger partial charge in [0.25, 0.3) is 15.9 Å². The number of benzene rings is 2. The highest BCUT2D eigenvalue weighted by atomic mass is 32.2. The van der Waals surface area contributed by atoms with Crippen molar-refractivity contribution in [2.75, 3.05) is 11.9 Å². The van der Waals surface area contributed by atoms with Gasteiger partial charge >= 0.3 is 0 Å². The summed E-state index contributed by atoms with van der Waals surface area (Å²) in [6.45, 7) is 2.04. The molecule has 136 valence electrons. The molecule has 0 saturated carbocycles. The van der Waals surface area contributed by atoms with E-state index >= 15 is 0 Å². The Morgan fingerprint density at radius 3 is 2.42 bits per heavy atom. The molecule has 0 fully saturated rings. The standard InChI is InChI=1S/C19H20N2O4S/c1-2-14-9-11-15(12-10-14)20-18(22)8-5-13-21-19(23)16-6-3-4-7-17(16)26(21,24)25/h3-4,6-7,9-12H,2,5,8,13H2,1H3,(H,20,22). The molecular weight excluding hydrogens is 352 g/mol. The van der Waals surface area contributed by atoms with Crippen molar-refractivity contribution in [2.45, 2.75) is 31.1 Å². The zero-order valence-corrected chi connectivity index (χ0v) is 15.3. The summed E-state index contributed by atoms with van der Waals surface area (Å²) in [6.07, 6.45) is 1.32. The molecule has 0 spiro atoms. The molecule has 1 aliphatic rings. The molecule has 1 aliphatic heterocycles. The van der Waals surface area contributed by atoms with E-state index in [-0.39, 0.29) is 35.8 Å². The summed E-state index contributed by atoms with van der Waals surface area (Å²) in [5, 5.41) is 2.78. The predicted octanol–water partition coefficient (Wildman–Crippen LogP) is 2.81. The number of carbonyl (C=O) groups excluding carboxylic acids is 2. The van der Waals surface area contributed by atoms with Gasteiger partial charge in [-0.2, -0.15) is 0 Å². The van der Waals surface area contributed by atoms with Crippen LogP contribution >= 0.6 is 0 Å². The van der Waals surface area contributed by atoms with Gasteiger partial charge in [-0.25, -0.2) is 12.7 Å². The van der Waals surface area contributed by atoms with Crippen LogP contribution in [0.1, 0.15) is 35.7 Å². The summed E-state index contributed by atoms with van der Waals surface area (Å²) in [5.41, 5.74) is 2.07. The third-order valence-electron chi connectivity index (χ3n) is 4.32. The normalized spacial score (nSPS) is 15.0. The third kappa shape index (κ3) is 3.48. The van der Waals surface area contributed by atoms with Crippen molar-refractivity contribution < 1.29 is 18.0 Å². The fourth-order valence-corrected chi connectivity index (χ4v) is 4.49. The van der Waals surface area contributed by atoms with Crippen LogP contribution in [0.25, 0.3) is 0 Å². The van der Waals surface area contributed by atoms with Crippen molar-refractivity contribution in [2.24, 2.45) is 0 Å². The first-order valence-electron chi connectivity index (χ1n) is 8.48. The lowest BCUT2D eigenvalue weighted by molar-refractivity contribution is -0.116. The molecule has 1 heterocycles. The van der Waals surface area contributed by atoms with Gasteiger partial charge in [0, 0.05) is 18.7 Å². The smallest absolute Gasteiger partial charge is 0.269 e. The highest BCUT2D eigenvalue weighted by molar-refractivity contribution is 7.90. The summed E-state index contributed by atoms with van der Waals surface area (Å²) < 4.78 is 25.7. The number of rotatable bonds is 6. The SMILES string of the molecule is CCc1ccc(NC(=O)CCCN2C(=O)c3ccccc3S2(=O)=O)cc1. The molecule has 0 radical (unpaired) electrons. The second-order valence-corrected chi connectivity index (χ2v) is 7.91. The molecule has 0 aliphatic carbocycles. The van der Waals surface area contributed by atoms with Gasteiger partial charge in [-0.05, 0) is 42.7 Å². The molecule has 0 unspecified atom stereocenters. The minimum Gasteiger partial charge on any atom is -0.326 e. The maximum atomic E-state index is 12.4. The van der Waals surface area contributed by atoms with Crippen molar-refractivity contribution in [3.05, 3.63) is 59.7 Å². The van der Waals surface area contributed by atoms with E-state index in [0.717, 1.165) is 10.7 Å². The number of fused-ring (bicyclic) bond motifs is 1. The Balaban J connectivity index is 1.56. The highest BCUT2D eigenvalue weighted by Gasteiger charge is 2.40. The first kappa shape index (κ1) is 18.1. The van der Waals surface area contributed by atoms with E-state index in [1.54, 1.807) is 12.1 Å². The number of sulfonamides is 1. The Morgan fingerprint density at radius 2 is 1.77 bits per heavy atom. The second kappa shape index (κ2) is 7.29. The van der Waals surface area contributed by atoms with Crippen LogP contribution in [-0.4, -0.2) is 31.1 Å². The lowest BCUT2D eigenvalue weighted by Crippen LogP contribution is -2.31. The molecule has 26 heavy (non-hydrogen) atoms. The predicted molar refractivity (Wildman–Crippen MR) is 98.3 cm³/mol. The van der Waals surface area contributed by atoms with Crippen molar-refractivity contribution in [3.63, 3.8) is 0 Å². The van der Waals surface area contributed by atoms with Gasteiger partial charge in [0.1, 0.15) is 4.90 Å². The topological polar surface area (TPSA) is 83.6 Å². The molecule has 2 aromatic rings. The fraction of sp³-hybridized carbons (Fsp3) is 0.263. The monoisotopic (exact) mass is 372 g/mol. The Morgan fingerprint density at radius 1 is 1.08 bits per heavy atom. The fourth-order valence-electron chi connectivity index (χ4n) is 2.88. The van der Waals surface area contributed by atoms with Crippen LogP contribution in [0.3, 0.4) is 0 Å². The summed E-state index contributed by atoms with van der Waals surface area (Å²) in [4.78, 5) is 24.4. The molecule has 3 rings (SSSR count). The lowest BCUT2D eigenvalue weighted by Gasteiger charge is -2.14. The van der Waals surface area contributed by atoms with Gasteiger partial charge in [-0.15, -0.1) is 0 Å². The largest absolute Gasteiger partial charge is 0.326 e. The molecule has 2 amide bonds. The molecule has 7 heteroatoms. The van der Waals surface area contributed by atoms with Gasteiger partial charge in [0.2, 0.25) is 5.91 Å². The Labute approximate surface area is 152 Å². The van der Waals surface area contributed by atoms with Crippen LogP contribution in [0.4, 0.5) is 5.69 Å². The Kier molecular flexibility index (Phi) is 5.08. The minimum atomic E-state index is -3.81. The van der Waals surface area contributed by atoms with E-state index in [0.29, 0.717) is 5.69 Å². The number of nitrogens with one attached hydrogen (secondary N) is 1. The molecule has 6 nitrogen and oxygen atoms in total. The third-order valence-corrected chi connectivity index (χ3v) is 6.16. The first-order chi connectivity index (χ1) is 12.4. The Bertz CT molecular complexity index is 936. The number of hydrogen-bond acceptors (Lipinski definition) is 4. The number of amides is 2. The average Bonchev–Trinajstić information content (AvgIpc) is 2.83. The first-order valence-corrected chi connectivity index (χ1v) is 9.92. The number of aryl methyl sites for hydroxylation is 1. The van der Waals surface area contributed by atoms with E-state index < -0.39 is 15.9 Å². The van der Waals surface area contributed by atoms with Crippen LogP contribution < -0.4 is 5.32 Å². The van der Waals surface area contributed by atoms with Gasteiger partial charge in [0.05, 0.1) is 5.56 Å². The highest BCUT2D eigenvalue weighted by Crippen LogP contribution is 2.30. The van der Waals surface area contributed by atoms with E-state index in [1.807, 2.05) is 24.3 Å². The average molecular weight is 372 g/mol. The van der Waals surface area contributed by atoms with Crippen molar-refractivity contribution >= 4 is 27.5 Å². The van der Waals surface area contributed by atoms with Gasteiger partial charge in [-0.1, -0.05) is 31.2 Å². The van der Waals surface area contributed by atoms with Crippen molar-refractivity contribution in [3.8, 4) is 0 Å². The number of hydrogen-bond donors (Lipinski definition) is 1. The molecule has 0 atom stereocenters. The number of anilines is 1. The minimum absolute atomic E-state index is 0.0158. The number of carbonyl (C=O) groups is 2. The Hall–Kier alpha value is -2.67. The summed E-state index contributed by atoms with van der Waals surface area (Å²) in [5.74, 6) is -0.744. The van der Waals surface area contributed by atoms with Crippen molar-refractivity contribution in [1.29, 1.82) is 0 Å². The van der Waals surface area contributed by atoms with Crippen LogP contribution in [0.15, 0.2) is 53.4 Å². The maximum Gasteiger partial charge on any atom is 0.269 e. The van der Waals surface area contributed by atoms with Crippen LogP contribution in [-0.2, 0) is 21.2 Å². The van der Waals surface area contributed by atoms with E-state index in [2.05, 4.69) is 12.2 Å². The zero-order valence-electron chi connectivity index (χ0n) is 14.4. The molecule has 0 saturated heterocycles. The summed E-state index contributed by atoms with van der Waals surface area (Å²) >= 11 is 0. The van der Waals surface area contributed by atoms with Crippen LogP contribution in [0.2, 0.25) is 0 Å². The maximum absolute atomic E-state index is 12.4. The summed E-state index contributed by atoms with van der Waals surface area (Å²) in [6, 6.07) is 13.7. The quantitative estimate of drug-likeness (QED) is 0.845. The molecule has 0 aromatic heterocycles. The molecule has 0 bridgehead atoms.